The average molecular weight is 881 g/mol. The first-order valence-corrected chi connectivity index (χ1v) is 16.0. The van der Waals surface area contributed by atoms with Crippen LogP contribution in [0.1, 0.15) is 0 Å². The van der Waals surface area contributed by atoms with Crippen LogP contribution in [-0.4, -0.2) is 19.9 Å². The molecule has 4 heterocycles. The standard InChI is InChI=1S/C22H16N2.2C11H6F2N.Ir/c1-3-7-17(8-4-1)19-11-13-23-21(15-19)22-16-20(12-14-24-22)18-9-5-2-6-10-18;2*12-8-4-5-9(10(13)7-8)11-3-1-2-6-14-11;/h1-16H;2*1-4,6-7H;/q;2*-1;. The Morgan fingerprint density at radius 3 is 1.09 bits per heavy atom. The van der Waals surface area contributed by atoms with E-state index in [2.05, 4.69) is 68.5 Å². The second kappa shape index (κ2) is 18.9. The van der Waals surface area contributed by atoms with Gasteiger partial charge >= 0.3 is 0 Å². The van der Waals surface area contributed by atoms with E-state index < -0.39 is 23.3 Å². The molecule has 0 fully saturated rings. The third-order valence-electron chi connectivity index (χ3n) is 7.55. The predicted octanol–water partition coefficient (Wildman–Crippen LogP) is 11.1. The van der Waals surface area contributed by atoms with Crippen molar-refractivity contribution in [3.8, 4) is 56.2 Å². The van der Waals surface area contributed by atoms with Crippen LogP contribution in [0.3, 0.4) is 0 Å². The fourth-order valence-electron chi connectivity index (χ4n) is 5.07. The van der Waals surface area contributed by atoms with Gasteiger partial charge in [-0.15, -0.1) is 24.3 Å². The molecule has 0 aliphatic heterocycles. The van der Waals surface area contributed by atoms with Crippen molar-refractivity contribution in [2.24, 2.45) is 0 Å². The van der Waals surface area contributed by atoms with Gasteiger partial charge in [-0.05, 0) is 70.0 Å². The van der Waals surface area contributed by atoms with E-state index in [1.165, 1.54) is 11.1 Å². The largest absolute Gasteiger partial charge is 0.305 e. The van der Waals surface area contributed by atoms with Crippen LogP contribution < -0.4 is 0 Å². The predicted molar refractivity (Wildman–Crippen MR) is 195 cm³/mol. The van der Waals surface area contributed by atoms with Crippen molar-refractivity contribution in [3.63, 3.8) is 0 Å². The molecular weight excluding hydrogens is 853 g/mol. The zero-order valence-corrected chi connectivity index (χ0v) is 30.2. The molecule has 0 amide bonds. The van der Waals surface area contributed by atoms with Crippen LogP contribution >= 0.6 is 0 Å². The summed E-state index contributed by atoms with van der Waals surface area (Å²) in [6.07, 6.45) is 6.78. The van der Waals surface area contributed by atoms with E-state index in [4.69, 9.17) is 0 Å². The van der Waals surface area contributed by atoms with Crippen LogP contribution in [0.4, 0.5) is 17.6 Å². The Kier molecular flexibility index (Phi) is 13.6. The number of halogens is 4. The van der Waals surface area contributed by atoms with Gasteiger partial charge in [0.15, 0.2) is 0 Å². The first kappa shape index (κ1) is 38.1. The molecule has 0 saturated carbocycles. The smallest absolute Gasteiger partial charge is 0.0892 e. The number of rotatable bonds is 5. The van der Waals surface area contributed by atoms with Crippen molar-refractivity contribution < 1.29 is 37.7 Å². The van der Waals surface area contributed by atoms with E-state index in [0.717, 1.165) is 46.8 Å². The van der Waals surface area contributed by atoms with Crippen molar-refractivity contribution >= 4 is 0 Å². The molecule has 4 aromatic heterocycles. The zero-order valence-electron chi connectivity index (χ0n) is 27.8. The molecular formula is C44H28F4IrN4-2. The molecule has 0 aliphatic carbocycles. The molecule has 4 aromatic carbocycles. The molecule has 8 aromatic rings. The Hall–Kier alpha value is -6.15. The molecule has 0 bridgehead atoms. The minimum atomic E-state index is -0.649. The summed E-state index contributed by atoms with van der Waals surface area (Å²) in [5, 5.41) is 0. The molecule has 8 rings (SSSR count). The Balaban J connectivity index is 0.000000162. The van der Waals surface area contributed by atoms with Crippen LogP contribution in [-0.2, 0) is 20.1 Å². The molecule has 0 spiro atoms. The maximum atomic E-state index is 13.2. The van der Waals surface area contributed by atoms with E-state index in [-0.39, 0.29) is 31.2 Å². The van der Waals surface area contributed by atoms with Gasteiger partial charge < -0.3 is 9.97 Å². The third-order valence-corrected chi connectivity index (χ3v) is 7.55. The van der Waals surface area contributed by atoms with Crippen LogP contribution in [0.15, 0.2) is 170 Å². The van der Waals surface area contributed by atoms with Crippen LogP contribution in [0, 0.1) is 35.4 Å². The molecule has 0 saturated heterocycles. The quantitative estimate of drug-likeness (QED) is 0.128. The van der Waals surface area contributed by atoms with Crippen LogP contribution in [0.2, 0.25) is 0 Å². The number of hydrogen-bond acceptors (Lipinski definition) is 4. The van der Waals surface area contributed by atoms with E-state index in [1.807, 2.05) is 60.9 Å². The van der Waals surface area contributed by atoms with E-state index in [0.29, 0.717) is 11.4 Å². The monoisotopic (exact) mass is 881 g/mol. The normalized spacial score (nSPS) is 10.1. The summed E-state index contributed by atoms with van der Waals surface area (Å²) < 4.78 is 51.6. The summed E-state index contributed by atoms with van der Waals surface area (Å²) in [6, 6.07) is 47.9. The second-order valence-corrected chi connectivity index (χ2v) is 11.1. The molecule has 53 heavy (non-hydrogen) atoms. The first-order valence-electron chi connectivity index (χ1n) is 16.0. The van der Waals surface area contributed by atoms with Crippen molar-refractivity contribution in [1.82, 2.24) is 19.9 Å². The summed E-state index contributed by atoms with van der Waals surface area (Å²) in [4.78, 5) is 16.9. The molecule has 1 radical (unpaired) electrons. The van der Waals surface area contributed by atoms with Crippen molar-refractivity contribution in [2.45, 2.75) is 0 Å². The van der Waals surface area contributed by atoms with Gasteiger partial charge in [0, 0.05) is 68.2 Å². The van der Waals surface area contributed by atoms with Crippen molar-refractivity contribution in [3.05, 3.63) is 206 Å². The molecule has 0 aliphatic rings. The molecule has 0 atom stereocenters. The number of aromatic nitrogens is 4. The van der Waals surface area contributed by atoms with Crippen LogP contribution in [0.25, 0.3) is 56.2 Å². The van der Waals surface area contributed by atoms with Gasteiger partial charge in [0.2, 0.25) is 0 Å². The van der Waals surface area contributed by atoms with Gasteiger partial charge in [-0.25, -0.2) is 0 Å². The second-order valence-electron chi connectivity index (χ2n) is 11.1. The molecule has 9 heteroatoms. The maximum absolute atomic E-state index is 13.2. The Labute approximate surface area is 318 Å². The van der Waals surface area contributed by atoms with Gasteiger partial charge in [0.25, 0.3) is 0 Å². The van der Waals surface area contributed by atoms with Gasteiger partial charge in [-0.1, -0.05) is 108 Å². The van der Waals surface area contributed by atoms with Gasteiger partial charge in [0.1, 0.15) is 0 Å². The molecule has 0 N–H and O–H groups in total. The van der Waals surface area contributed by atoms with Crippen molar-refractivity contribution in [2.75, 3.05) is 0 Å². The Morgan fingerprint density at radius 1 is 0.358 bits per heavy atom. The minimum Gasteiger partial charge on any atom is -0.305 e. The van der Waals surface area contributed by atoms with E-state index >= 15 is 0 Å². The van der Waals surface area contributed by atoms with Gasteiger partial charge in [0.05, 0.1) is 11.4 Å². The third kappa shape index (κ3) is 10.4. The Bertz CT molecular complexity index is 2180. The fourth-order valence-corrected chi connectivity index (χ4v) is 5.07. The van der Waals surface area contributed by atoms with Gasteiger partial charge in [-0.2, -0.15) is 0 Å². The SMILES string of the molecule is Fc1c[c-]c(-c2ccccn2)c(F)c1.Fc1c[c-]c(-c2ccccn2)c(F)c1.[Ir].c1ccc(-c2ccnc(-c3cc(-c4ccccc4)ccn3)c2)cc1. The first-order chi connectivity index (χ1) is 25.4. The summed E-state index contributed by atoms with van der Waals surface area (Å²) in [5.74, 6) is -2.57. The van der Waals surface area contributed by atoms with Crippen LogP contribution in [0.5, 0.6) is 0 Å². The van der Waals surface area contributed by atoms with Crippen molar-refractivity contribution in [1.29, 1.82) is 0 Å². The summed E-state index contributed by atoms with van der Waals surface area (Å²) >= 11 is 0. The Morgan fingerprint density at radius 2 is 0.736 bits per heavy atom. The van der Waals surface area contributed by atoms with E-state index in [1.54, 1.807) is 48.8 Å². The van der Waals surface area contributed by atoms with Gasteiger partial charge in [-0.3, -0.25) is 27.5 Å². The average Bonchev–Trinajstić information content (AvgIpc) is 3.20. The number of pyridine rings is 4. The fraction of sp³-hybridized carbons (Fsp3) is 0. The zero-order chi connectivity index (χ0) is 36.1. The summed E-state index contributed by atoms with van der Waals surface area (Å²) in [7, 11) is 0. The van der Waals surface area contributed by atoms with E-state index in [9.17, 15) is 17.6 Å². The topological polar surface area (TPSA) is 51.6 Å². The molecule has 4 nitrogen and oxygen atoms in total. The minimum absolute atomic E-state index is 0. The maximum Gasteiger partial charge on any atom is 0.0892 e. The number of benzene rings is 4. The molecule has 0 unspecified atom stereocenters. The number of nitrogens with zero attached hydrogens (tertiary/aromatic N) is 4. The molecule has 263 valence electrons. The summed E-state index contributed by atoms with van der Waals surface area (Å²) in [5.41, 5.74) is 7.69. The summed E-state index contributed by atoms with van der Waals surface area (Å²) in [6.45, 7) is 0. The number of hydrogen-bond donors (Lipinski definition) is 0.